The van der Waals surface area contributed by atoms with E-state index in [0.29, 0.717) is 25.2 Å². The second-order valence-corrected chi connectivity index (χ2v) is 8.01. The molecule has 30 heavy (non-hydrogen) atoms. The number of benzene rings is 2. The molecule has 3 heterocycles. The van der Waals surface area contributed by atoms with Crippen LogP contribution in [0.25, 0.3) is 16.7 Å². The van der Waals surface area contributed by atoms with Crippen LogP contribution < -0.4 is 4.90 Å². The maximum Gasteiger partial charge on any atom is 0.157 e. The third-order valence-corrected chi connectivity index (χ3v) is 6.06. The predicted octanol–water partition coefficient (Wildman–Crippen LogP) is 4.75. The lowest BCUT2D eigenvalue weighted by atomic mass is 9.97. The Hall–Kier alpha value is -3.07. The SMILES string of the molecule is Cc1c(Cc2ccc(Cl)cc2)c(N2CCOCC2)n2c(nc3ccccc32)c1C#N. The summed E-state index contributed by atoms with van der Waals surface area (Å²) in [5, 5.41) is 10.7. The second-order valence-electron chi connectivity index (χ2n) is 7.58. The highest BCUT2D eigenvalue weighted by atomic mass is 35.5. The molecule has 0 aliphatic carbocycles. The van der Waals surface area contributed by atoms with Gasteiger partial charge < -0.3 is 9.64 Å². The van der Waals surface area contributed by atoms with Gasteiger partial charge in [-0.1, -0.05) is 35.9 Å². The van der Waals surface area contributed by atoms with E-state index < -0.39 is 0 Å². The number of hydrogen-bond acceptors (Lipinski definition) is 4. The van der Waals surface area contributed by atoms with Crippen molar-refractivity contribution in [3.8, 4) is 6.07 Å². The van der Waals surface area contributed by atoms with Crippen LogP contribution in [-0.2, 0) is 11.2 Å². The van der Waals surface area contributed by atoms with E-state index in [1.165, 1.54) is 0 Å². The maximum atomic E-state index is 10.0. The van der Waals surface area contributed by atoms with Gasteiger partial charge >= 0.3 is 0 Å². The zero-order chi connectivity index (χ0) is 20.7. The fourth-order valence-corrected chi connectivity index (χ4v) is 4.41. The van der Waals surface area contributed by atoms with Gasteiger partial charge in [0.25, 0.3) is 0 Å². The number of rotatable bonds is 3. The highest BCUT2D eigenvalue weighted by molar-refractivity contribution is 6.30. The number of halogens is 1. The third kappa shape index (κ3) is 3.09. The molecule has 1 aliphatic rings. The Morgan fingerprint density at radius 3 is 2.57 bits per heavy atom. The molecule has 0 saturated carbocycles. The van der Waals surface area contributed by atoms with Gasteiger partial charge in [-0.2, -0.15) is 5.26 Å². The lowest BCUT2D eigenvalue weighted by molar-refractivity contribution is 0.122. The van der Waals surface area contributed by atoms with Crippen LogP contribution in [0.5, 0.6) is 0 Å². The number of morpholine rings is 1. The van der Waals surface area contributed by atoms with E-state index in [-0.39, 0.29) is 0 Å². The summed E-state index contributed by atoms with van der Waals surface area (Å²) in [7, 11) is 0. The summed E-state index contributed by atoms with van der Waals surface area (Å²) < 4.78 is 7.78. The molecule has 2 aromatic heterocycles. The summed E-state index contributed by atoms with van der Waals surface area (Å²) in [4.78, 5) is 7.19. The highest BCUT2D eigenvalue weighted by Crippen LogP contribution is 2.35. The number of aromatic nitrogens is 2. The second kappa shape index (κ2) is 7.64. The van der Waals surface area contributed by atoms with Gasteiger partial charge in [0.15, 0.2) is 5.65 Å². The number of nitriles is 1. The smallest absolute Gasteiger partial charge is 0.157 e. The van der Waals surface area contributed by atoms with Crippen LogP contribution in [0.1, 0.15) is 22.3 Å². The van der Waals surface area contributed by atoms with Gasteiger partial charge in [0.05, 0.1) is 29.8 Å². The van der Waals surface area contributed by atoms with Crippen LogP contribution in [0.4, 0.5) is 5.82 Å². The number of ether oxygens (including phenoxy) is 1. The van der Waals surface area contributed by atoms with Crippen molar-refractivity contribution in [1.29, 1.82) is 5.26 Å². The summed E-state index contributed by atoms with van der Waals surface area (Å²) in [6.07, 6.45) is 0.715. The average molecular weight is 417 g/mol. The summed E-state index contributed by atoms with van der Waals surface area (Å²) in [5.74, 6) is 1.11. The molecule has 0 atom stereocenters. The minimum Gasteiger partial charge on any atom is -0.378 e. The van der Waals surface area contributed by atoms with E-state index in [4.69, 9.17) is 21.3 Å². The van der Waals surface area contributed by atoms with Gasteiger partial charge in [-0.3, -0.25) is 4.40 Å². The number of pyridine rings is 1. The normalized spacial score (nSPS) is 14.4. The van der Waals surface area contributed by atoms with Crippen molar-refractivity contribution < 1.29 is 4.74 Å². The third-order valence-electron chi connectivity index (χ3n) is 5.81. The van der Waals surface area contributed by atoms with Crippen molar-refractivity contribution in [1.82, 2.24) is 9.38 Å². The number of para-hydroxylation sites is 2. The van der Waals surface area contributed by atoms with Gasteiger partial charge in [-0.15, -0.1) is 0 Å². The van der Waals surface area contributed by atoms with Crippen molar-refractivity contribution in [2.24, 2.45) is 0 Å². The molecule has 1 saturated heterocycles. The van der Waals surface area contributed by atoms with E-state index in [1.807, 2.05) is 49.4 Å². The first-order valence-corrected chi connectivity index (χ1v) is 10.4. The molecule has 0 N–H and O–H groups in total. The Morgan fingerprint density at radius 1 is 1.10 bits per heavy atom. The fraction of sp³-hybridized carbons (Fsp3) is 0.250. The largest absolute Gasteiger partial charge is 0.378 e. The first-order valence-electron chi connectivity index (χ1n) is 10.1. The molecule has 0 spiro atoms. The van der Waals surface area contributed by atoms with Gasteiger partial charge in [0, 0.05) is 30.1 Å². The van der Waals surface area contributed by atoms with Crippen molar-refractivity contribution in [2.75, 3.05) is 31.2 Å². The number of imidazole rings is 1. The lowest BCUT2D eigenvalue weighted by Crippen LogP contribution is -2.38. The lowest BCUT2D eigenvalue weighted by Gasteiger charge is -2.32. The van der Waals surface area contributed by atoms with Gasteiger partial charge in [0.1, 0.15) is 11.9 Å². The summed E-state index contributed by atoms with van der Waals surface area (Å²) in [6, 6.07) is 18.4. The van der Waals surface area contributed by atoms with Crippen LogP contribution in [-0.4, -0.2) is 35.7 Å². The molecule has 0 bridgehead atoms. The molecule has 150 valence electrons. The summed E-state index contributed by atoms with van der Waals surface area (Å²) in [5.41, 5.74) is 6.55. The molecular weight excluding hydrogens is 396 g/mol. The summed E-state index contributed by atoms with van der Waals surface area (Å²) in [6.45, 7) is 5.02. The van der Waals surface area contributed by atoms with Crippen LogP contribution in [0.15, 0.2) is 48.5 Å². The van der Waals surface area contributed by atoms with E-state index >= 15 is 0 Å². The Morgan fingerprint density at radius 2 is 1.83 bits per heavy atom. The van der Waals surface area contributed by atoms with Crippen molar-refractivity contribution in [3.63, 3.8) is 0 Å². The molecule has 1 aliphatic heterocycles. The minimum atomic E-state index is 0.632. The molecular formula is C24H21ClN4O. The number of hydrogen-bond donors (Lipinski definition) is 0. The molecule has 1 fully saturated rings. The van der Waals surface area contributed by atoms with Gasteiger partial charge in [0.2, 0.25) is 0 Å². The van der Waals surface area contributed by atoms with Crippen molar-refractivity contribution in [3.05, 3.63) is 75.8 Å². The molecule has 6 heteroatoms. The van der Waals surface area contributed by atoms with Crippen LogP contribution in [0.2, 0.25) is 5.02 Å². The Kier molecular flexibility index (Phi) is 4.82. The highest BCUT2D eigenvalue weighted by Gasteiger charge is 2.25. The maximum absolute atomic E-state index is 10.0. The van der Waals surface area contributed by atoms with Crippen LogP contribution in [0.3, 0.4) is 0 Å². The Labute approximate surface area is 180 Å². The summed E-state index contributed by atoms with van der Waals surface area (Å²) >= 11 is 6.10. The topological polar surface area (TPSA) is 53.6 Å². The Bertz CT molecular complexity index is 1280. The molecule has 4 aromatic rings. The Balaban J connectivity index is 1.84. The number of nitrogens with zero attached hydrogens (tertiary/aromatic N) is 4. The van der Waals surface area contributed by atoms with Gasteiger partial charge in [-0.25, -0.2) is 4.98 Å². The van der Waals surface area contributed by atoms with Crippen molar-refractivity contribution in [2.45, 2.75) is 13.3 Å². The van der Waals surface area contributed by atoms with E-state index in [2.05, 4.69) is 21.4 Å². The van der Waals surface area contributed by atoms with E-state index in [1.54, 1.807) is 0 Å². The minimum absolute atomic E-state index is 0.632. The molecule has 2 aromatic carbocycles. The monoisotopic (exact) mass is 416 g/mol. The van der Waals surface area contributed by atoms with Crippen LogP contribution >= 0.6 is 11.6 Å². The van der Waals surface area contributed by atoms with E-state index in [9.17, 15) is 5.26 Å². The number of fused-ring (bicyclic) bond motifs is 3. The first-order chi connectivity index (χ1) is 14.7. The van der Waals surface area contributed by atoms with Crippen LogP contribution in [0, 0.1) is 18.3 Å². The number of anilines is 1. The fourth-order valence-electron chi connectivity index (χ4n) is 4.29. The molecule has 0 amide bonds. The predicted molar refractivity (Wildman–Crippen MR) is 119 cm³/mol. The standard InChI is InChI=1S/C24H21ClN4O/c1-16-19(14-17-6-8-18(25)9-7-17)24(28-10-12-30-13-11-28)29-22-5-3-2-4-21(22)27-23(29)20(16)15-26/h2-9H,10-14H2,1H3. The molecule has 5 nitrogen and oxygen atoms in total. The van der Waals surface area contributed by atoms with E-state index in [0.717, 1.165) is 57.3 Å². The van der Waals surface area contributed by atoms with Crippen molar-refractivity contribution >= 4 is 34.1 Å². The zero-order valence-corrected chi connectivity index (χ0v) is 17.5. The average Bonchev–Trinajstić information content (AvgIpc) is 3.15. The molecule has 5 rings (SSSR count). The quantitative estimate of drug-likeness (QED) is 0.483. The zero-order valence-electron chi connectivity index (χ0n) is 16.7. The molecule has 0 unspecified atom stereocenters. The molecule has 0 radical (unpaired) electrons. The van der Waals surface area contributed by atoms with Gasteiger partial charge in [-0.05, 0) is 42.3 Å². The first kappa shape index (κ1) is 18.9.